The van der Waals surface area contributed by atoms with Crippen LogP contribution in [0.2, 0.25) is 0 Å². The molecular weight excluding hydrogens is 234 g/mol. The zero-order valence-electron chi connectivity index (χ0n) is 12.6. The number of hydrogen-bond acceptors (Lipinski definition) is 3. The highest BCUT2D eigenvalue weighted by Crippen LogP contribution is 2.24. The van der Waals surface area contributed by atoms with Crippen molar-refractivity contribution >= 4 is 5.82 Å². The molecule has 3 nitrogen and oxygen atoms in total. The number of nitrogens with zero attached hydrogens (tertiary/aromatic N) is 2. The second-order valence-electron chi connectivity index (χ2n) is 5.85. The third kappa shape index (κ3) is 3.93. The minimum Gasteiger partial charge on any atom is -0.356 e. The Hall–Kier alpha value is -1.09. The summed E-state index contributed by atoms with van der Waals surface area (Å²) < 4.78 is 0. The van der Waals surface area contributed by atoms with E-state index in [0.717, 1.165) is 32.1 Å². The van der Waals surface area contributed by atoms with E-state index in [1.807, 2.05) is 6.20 Å². The van der Waals surface area contributed by atoms with Gasteiger partial charge in [-0.15, -0.1) is 0 Å². The van der Waals surface area contributed by atoms with Crippen LogP contribution in [-0.4, -0.2) is 24.6 Å². The van der Waals surface area contributed by atoms with Gasteiger partial charge in [-0.1, -0.05) is 13.8 Å². The Morgan fingerprint density at radius 2 is 2.32 bits per heavy atom. The normalized spacial score (nSPS) is 19.7. The van der Waals surface area contributed by atoms with E-state index in [0.29, 0.717) is 0 Å². The largest absolute Gasteiger partial charge is 0.356 e. The highest BCUT2D eigenvalue weighted by atomic mass is 15.2. The summed E-state index contributed by atoms with van der Waals surface area (Å²) in [6.07, 6.45) is 5.86. The summed E-state index contributed by atoms with van der Waals surface area (Å²) in [5, 5.41) is 3.43. The van der Waals surface area contributed by atoms with E-state index in [-0.39, 0.29) is 0 Å². The average molecular weight is 261 g/mol. The van der Waals surface area contributed by atoms with Gasteiger partial charge in [0, 0.05) is 25.8 Å². The predicted molar refractivity (Wildman–Crippen MR) is 81.6 cm³/mol. The first-order chi connectivity index (χ1) is 9.20. The monoisotopic (exact) mass is 261 g/mol. The molecule has 1 aliphatic rings. The SMILES string of the molecule is CCCNCc1cnc(N2CCCC(C)C2)c(C)c1. The molecule has 0 spiro atoms. The van der Waals surface area contributed by atoms with Gasteiger partial charge in [0.25, 0.3) is 0 Å². The first kappa shape index (κ1) is 14.3. The van der Waals surface area contributed by atoms with E-state index in [1.165, 1.54) is 36.2 Å². The molecule has 1 aromatic rings. The van der Waals surface area contributed by atoms with Gasteiger partial charge in [0.05, 0.1) is 0 Å². The summed E-state index contributed by atoms with van der Waals surface area (Å²) in [4.78, 5) is 7.15. The maximum atomic E-state index is 4.70. The Bertz CT molecular complexity index is 403. The quantitative estimate of drug-likeness (QED) is 0.825. The van der Waals surface area contributed by atoms with Crippen molar-refractivity contribution < 1.29 is 0 Å². The zero-order valence-corrected chi connectivity index (χ0v) is 12.6. The Kier molecular flexibility index (Phi) is 5.20. The molecule has 1 atom stereocenters. The second kappa shape index (κ2) is 6.90. The molecule has 0 aliphatic carbocycles. The van der Waals surface area contributed by atoms with Crippen molar-refractivity contribution in [3.05, 3.63) is 23.4 Å². The summed E-state index contributed by atoms with van der Waals surface area (Å²) >= 11 is 0. The van der Waals surface area contributed by atoms with Gasteiger partial charge in [-0.3, -0.25) is 0 Å². The van der Waals surface area contributed by atoms with Crippen LogP contribution in [0.3, 0.4) is 0 Å². The third-order valence-corrected chi connectivity index (χ3v) is 3.82. The predicted octanol–water partition coefficient (Wildman–Crippen LogP) is 3.13. The molecule has 0 amide bonds. The van der Waals surface area contributed by atoms with Crippen molar-refractivity contribution in [2.45, 2.75) is 46.6 Å². The van der Waals surface area contributed by atoms with Gasteiger partial charge in [-0.05, 0) is 55.8 Å². The van der Waals surface area contributed by atoms with Crippen molar-refractivity contribution in [1.29, 1.82) is 0 Å². The number of anilines is 1. The molecule has 1 saturated heterocycles. The molecule has 1 aliphatic heterocycles. The van der Waals surface area contributed by atoms with Crippen LogP contribution in [0.1, 0.15) is 44.2 Å². The molecular formula is C16H27N3. The number of rotatable bonds is 5. The topological polar surface area (TPSA) is 28.2 Å². The maximum Gasteiger partial charge on any atom is 0.131 e. The molecule has 2 heterocycles. The van der Waals surface area contributed by atoms with Crippen LogP contribution in [0.25, 0.3) is 0 Å². The van der Waals surface area contributed by atoms with Gasteiger partial charge < -0.3 is 10.2 Å². The summed E-state index contributed by atoms with van der Waals surface area (Å²) in [7, 11) is 0. The summed E-state index contributed by atoms with van der Waals surface area (Å²) in [6, 6.07) is 2.28. The lowest BCUT2D eigenvalue weighted by Gasteiger charge is -2.32. The highest BCUT2D eigenvalue weighted by Gasteiger charge is 2.18. The first-order valence-electron chi connectivity index (χ1n) is 7.62. The second-order valence-corrected chi connectivity index (χ2v) is 5.85. The Balaban J connectivity index is 2.02. The van der Waals surface area contributed by atoms with Crippen molar-refractivity contribution in [3.8, 4) is 0 Å². The van der Waals surface area contributed by atoms with Gasteiger partial charge in [0.1, 0.15) is 5.82 Å². The van der Waals surface area contributed by atoms with Crippen LogP contribution in [0.4, 0.5) is 5.82 Å². The van der Waals surface area contributed by atoms with Gasteiger partial charge in [0.15, 0.2) is 0 Å². The summed E-state index contributed by atoms with van der Waals surface area (Å²) in [6.45, 7) is 11.0. The maximum absolute atomic E-state index is 4.70. The van der Waals surface area contributed by atoms with Crippen LogP contribution in [0, 0.1) is 12.8 Å². The molecule has 0 aromatic carbocycles. The van der Waals surface area contributed by atoms with Crippen molar-refractivity contribution in [2.24, 2.45) is 5.92 Å². The van der Waals surface area contributed by atoms with E-state index < -0.39 is 0 Å². The molecule has 1 N–H and O–H groups in total. The average Bonchev–Trinajstić information content (AvgIpc) is 2.39. The van der Waals surface area contributed by atoms with E-state index in [1.54, 1.807) is 0 Å². The van der Waals surface area contributed by atoms with Crippen molar-refractivity contribution in [3.63, 3.8) is 0 Å². The molecule has 1 aromatic heterocycles. The minimum atomic E-state index is 0.792. The molecule has 1 fully saturated rings. The fraction of sp³-hybridized carbons (Fsp3) is 0.688. The fourth-order valence-electron chi connectivity index (χ4n) is 2.84. The van der Waals surface area contributed by atoms with Crippen molar-refractivity contribution in [2.75, 3.05) is 24.5 Å². The van der Waals surface area contributed by atoms with Crippen LogP contribution >= 0.6 is 0 Å². The molecule has 0 radical (unpaired) electrons. The first-order valence-corrected chi connectivity index (χ1v) is 7.62. The lowest BCUT2D eigenvalue weighted by molar-refractivity contribution is 0.444. The molecule has 0 bridgehead atoms. The number of aryl methyl sites for hydroxylation is 1. The fourth-order valence-corrected chi connectivity index (χ4v) is 2.84. The standard InChI is InChI=1S/C16H27N3/c1-4-7-17-10-15-9-14(3)16(18-11-15)19-8-5-6-13(2)12-19/h9,11,13,17H,4-8,10,12H2,1-3H3. The van der Waals surface area contributed by atoms with Crippen LogP contribution in [0.5, 0.6) is 0 Å². The highest BCUT2D eigenvalue weighted by molar-refractivity contribution is 5.47. The number of pyridine rings is 1. The van der Waals surface area contributed by atoms with Gasteiger partial charge >= 0.3 is 0 Å². The van der Waals surface area contributed by atoms with Crippen LogP contribution in [-0.2, 0) is 6.54 Å². The molecule has 0 saturated carbocycles. The van der Waals surface area contributed by atoms with Gasteiger partial charge in [-0.25, -0.2) is 4.98 Å². The molecule has 2 rings (SSSR count). The number of aromatic nitrogens is 1. The Labute approximate surface area is 117 Å². The van der Waals surface area contributed by atoms with E-state index in [4.69, 9.17) is 4.98 Å². The minimum absolute atomic E-state index is 0.792. The molecule has 19 heavy (non-hydrogen) atoms. The smallest absolute Gasteiger partial charge is 0.131 e. The van der Waals surface area contributed by atoms with Crippen LogP contribution < -0.4 is 10.2 Å². The summed E-state index contributed by atoms with van der Waals surface area (Å²) in [5.41, 5.74) is 2.60. The third-order valence-electron chi connectivity index (χ3n) is 3.82. The van der Waals surface area contributed by atoms with Crippen molar-refractivity contribution in [1.82, 2.24) is 10.3 Å². The lowest BCUT2D eigenvalue weighted by atomic mass is 10.00. The lowest BCUT2D eigenvalue weighted by Crippen LogP contribution is -2.35. The number of hydrogen-bond donors (Lipinski definition) is 1. The molecule has 3 heteroatoms. The van der Waals surface area contributed by atoms with E-state index >= 15 is 0 Å². The van der Waals surface area contributed by atoms with Crippen LogP contribution in [0.15, 0.2) is 12.3 Å². The van der Waals surface area contributed by atoms with Gasteiger partial charge in [0.2, 0.25) is 0 Å². The Morgan fingerprint density at radius 3 is 3.00 bits per heavy atom. The van der Waals surface area contributed by atoms with E-state index in [9.17, 15) is 0 Å². The molecule has 106 valence electrons. The zero-order chi connectivity index (χ0) is 13.7. The van der Waals surface area contributed by atoms with Gasteiger partial charge in [-0.2, -0.15) is 0 Å². The number of nitrogens with one attached hydrogen (secondary N) is 1. The number of piperidine rings is 1. The summed E-state index contributed by atoms with van der Waals surface area (Å²) in [5.74, 6) is 1.98. The van der Waals surface area contributed by atoms with E-state index in [2.05, 4.69) is 37.1 Å². The Morgan fingerprint density at radius 1 is 1.47 bits per heavy atom. The molecule has 1 unspecified atom stereocenters.